The minimum atomic E-state index is -3.48. The summed E-state index contributed by atoms with van der Waals surface area (Å²) in [6.07, 6.45) is 0. The second kappa shape index (κ2) is 7.58. The minimum Gasteiger partial charge on any atom is -0.496 e. The van der Waals surface area contributed by atoms with Crippen molar-refractivity contribution in [1.29, 1.82) is 0 Å². The van der Waals surface area contributed by atoms with Gasteiger partial charge in [-0.05, 0) is 39.3 Å². The molecule has 0 saturated heterocycles. The van der Waals surface area contributed by atoms with Gasteiger partial charge in [-0.15, -0.1) is 0 Å². The van der Waals surface area contributed by atoms with Crippen LogP contribution in [0.15, 0.2) is 23.1 Å². The predicted molar refractivity (Wildman–Crippen MR) is 79.5 cm³/mol. The van der Waals surface area contributed by atoms with Crippen LogP contribution >= 0.6 is 0 Å². The van der Waals surface area contributed by atoms with Crippen molar-refractivity contribution in [2.45, 2.75) is 11.4 Å². The maximum Gasteiger partial charge on any atom is 0.240 e. The lowest BCUT2D eigenvalue weighted by atomic mass is 10.2. The molecule has 1 aromatic carbocycles. The third-order valence-electron chi connectivity index (χ3n) is 2.78. The second-order valence-corrected chi connectivity index (χ2v) is 6.47. The van der Waals surface area contributed by atoms with E-state index in [1.165, 1.54) is 0 Å². The molecule has 114 valence electrons. The lowest BCUT2D eigenvalue weighted by molar-refractivity contribution is 0.408. The molecule has 0 aliphatic heterocycles. The van der Waals surface area contributed by atoms with Crippen LogP contribution in [0.2, 0.25) is 0 Å². The van der Waals surface area contributed by atoms with E-state index in [0.29, 0.717) is 25.4 Å². The Morgan fingerprint density at radius 1 is 1.30 bits per heavy atom. The first-order valence-electron chi connectivity index (χ1n) is 6.36. The molecule has 0 radical (unpaired) electrons. The van der Waals surface area contributed by atoms with Crippen LogP contribution in [-0.2, 0) is 16.6 Å². The van der Waals surface area contributed by atoms with E-state index < -0.39 is 10.0 Å². The molecule has 0 heterocycles. The van der Waals surface area contributed by atoms with Gasteiger partial charge >= 0.3 is 0 Å². The summed E-state index contributed by atoms with van der Waals surface area (Å²) in [7, 11) is 3.68. The molecule has 2 N–H and O–H groups in total. The molecule has 0 aliphatic carbocycles. The van der Waals surface area contributed by atoms with Crippen molar-refractivity contribution in [2.24, 2.45) is 0 Å². The number of sulfonamides is 1. The Balaban J connectivity index is 2.91. The molecule has 1 aromatic rings. The number of methoxy groups -OCH3 is 1. The Kier molecular flexibility index (Phi) is 6.41. The van der Waals surface area contributed by atoms with Gasteiger partial charge in [0.25, 0.3) is 0 Å². The Morgan fingerprint density at radius 3 is 2.55 bits per heavy atom. The number of hydrogen-bond acceptors (Lipinski definition) is 5. The Labute approximate surface area is 121 Å². The van der Waals surface area contributed by atoms with Crippen LogP contribution in [0.3, 0.4) is 0 Å². The Hall–Kier alpha value is -1.15. The summed E-state index contributed by atoms with van der Waals surface area (Å²) in [5.74, 6) is 0.673. The molecule has 0 aromatic heterocycles. The monoisotopic (exact) mass is 301 g/mol. The molecule has 0 atom stereocenters. The molecule has 6 nitrogen and oxygen atoms in total. The molecular formula is C13H23N3O3S. The second-order valence-electron chi connectivity index (χ2n) is 4.71. The molecule has 20 heavy (non-hydrogen) atoms. The smallest absolute Gasteiger partial charge is 0.240 e. The lowest BCUT2D eigenvalue weighted by Gasteiger charge is -2.13. The van der Waals surface area contributed by atoms with E-state index in [1.54, 1.807) is 32.4 Å². The summed E-state index contributed by atoms with van der Waals surface area (Å²) in [6, 6.07) is 4.86. The largest absolute Gasteiger partial charge is 0.496 e. The number of rotatable bonds is 8. The van der Waals surface area contributed by atoms with E-state index in [-0.39, 0.29) is 4.90 Å². The lowest BCUT2D eigenvalue weighted by Crippen LogP contribution is -2.31. The molecule has 1 rings (SSSR count). The van der Waals surface area contributed by atoms with Crippen molar-refractivity contribution in [3.8, 4) is 5.75 Å². The number of nitrogens with zero attached hydrogens (tertiary/aromatic N) is 1. The number of likely N-dealkylation sites (N-methyl/N-ethyl adjacent to an activating group) is 1. The summed E-state index contributed by atoms with van der Waals surface area (Å²) in [6.45, 7) is 1.58. The predicted octanol–water partition coefficient (Wildman–Crippen LogP) is 0.255. The quantitative estimate of drug-likeness (QED) is 0.720. The van der Waals surface area contributed by atoms with E-state index in [1.807, 2.05) is 19.0 Å². The molecule has 0 spiro atoms. The fourth-order valence-corrected chi connectivity index (χ4v) is 2.81. The highest BCUT2D eigenvalue weighted by Crippen LogP contribution is 2.22. The first-order valence-corrected chi connectivity index (χ1v) is 7.85. The maximum atomic E-state index is 12.2. The molecule has 7 heteroatoms. The zero-order valence-electron chi connectivity index (χ0n) is 12.4. The topological polar surface area (TPSA) is 70.7 Å². The number of nitrogens with one attached hydrogen (secondary N) is 2. The molecule has 0 bridgehead atoms. The van der Waals surface area contributed by atoms with E-state index >= 15 is 0 Å². The van der Waals surface area contributed by atoms with Crippen LogP contribution in [-0.4, -0.2) is 54.7 Å². The third-order valence-corrected chi connectivity index (χ3v) is 4.24. The van der Waals surface area contributed by atoms with Crippen molar-refractivity contribution in [1.82, 2.24) is 14.9 Å². The summed E-state index contributed by atoms with van der Waals surface area (Å²) >= 11 is 0. The fourth-order valence-electron chi connectivity index (χ4n) is 1.74. The van der Waals surface area contributed by atoms with Gasteiger partial charge in [0.1, 0.15) is 5.75 Å². The molecule has 0 amide bonds. The number of ether oxygens (including phenoxy) is 1. The standard InChI is InChI=1S/C13H23N3O3S/c1-14-10-11-9-12(5-6-13(11)19-4)20(17,18)15-7-8-16(2)3/h5-6,9,14-15H,7-8,10H2,1-4H3. The molecule has 0 aliphatic rings. The highest BCUT2D eigenvalue weighted by atomic mass is 32.2. The Bertz CT molecular complexity index is 530. The van der Waals surface area contributed by atoms with Crippen LogP contribution in [0.25, 0.3) is 0 Å². The highest BCUT2D eigenvalue weighted by molar-refractivity contribution is 7.89. The van der Waals surface area contributed by atoms with E-state index in [0.717, 1.165) is 5.56 Å². The number of benzene rings is 1. The van der Waals surface area contributed by atoms with Crippen molar-refractivity contribution in [2.75, 3.05) is 41.3 Å². The molecule has 0 saturated carbocycles. The van der Waals surface area contributed by atoms with Gasteiger partial charge in [-0.1, -0.05) is 0 Å². The zero-order valence-corrected chi connectivity index (χ0v) is 13.3. The van der Waals surface area contributed by atoms with Gasteiger partial charge < -0.3 is 15.0 Å². The van der Waals surface area contributed by atoms with Gasteiger partial charge in [0.15, 0.2) is 0 Å². The van der Waals surface area contributed by atoms with Crippen LogP contribution in [0.1, 0.15) is 5.56 Å². The number of hydrogen-bond donors (Lipinski definition) is 2. The van der Waals surface area contributed by atoms with Gasteiger partial charge in [-0.3, -0.25) is 0 Å². The van der Waals surface area contributed by atoms with Crippen molar-refractivity contribution in [3.05, 3.63) is 23.8 Å². The molecular weight excluding hydrogens is 278 g/mol. The van der Waals surface area contributed by atoms with Crippen LogP contribution < -0.4 is 14.8 Å². The zero-order chi connectivity index (χ0) is 15.2. The van der Waals surface area contributed by atoms with E-state index in [4.69, 9.17) is 4.74 Å². The Morgan fingerprint density at radius 2 is 2.00 bits per heavy atom. The van der Waals surface area contributed by atoms with Crippen molar-refractivity contribution in [3.63, 3.8) is 0 Å². The molecule has 0 fully saturated rings. The summed E-state index contributed by atoms with van der Waals surface area (Å²) < 4.78 is 32.2. The van der Waals surface area contributed by atoms with E-state index in [2.05, 4.69) is 10.0 Å². The van der Waals surface area contributed by atoms with Crippen LogP contribution in [0.5, 0.6) is 5.75 Å². The van der Waals surface area contributed by atoms with Gasteiger partial charge in [0.2, 0.25) is 10.0 Å². The summed E-state index contributed by atoms with van der Waals surface area (Å²) in [4.78, 5) is 2.17. The first-order chi connectivity index (χ1) is 9.40. The fraction of sp³-hybridized carbons (Fsp3) is 0.538. The van der Waals surface area contributed by atoms with Crippen molar-refractivity contribution < 1.29 is 13.2 Å². The van der Waals surface area contributed by atoms with Gasteiger partial charge in [-0.25, -0.2) is 13.1 Å². The minimum absolute atomic E-state index is 0.252. The van der Waals surface area contributed by atoms with Crippen LogP contribution in [0.4, 0.5) is 0 Å². The highest BCUT2D eigenvalue weighted by Gasteiger charge is 2.15. The maximum absolute atomic E-state index is 12.2. The first kappa shape index (κ1) is 16.9. The third kappa shape index (κ3) is 4.75. The van der Waals surface area contributed by atoms with Gasteiger partial charge in [-0.2, -0.15) is 0 Å². The van der Waals surface area contributed by atoms with Crippen LogP contribution in [0, 0.1) is 0 Å². The van der Waals surface area contributed by atoms with Crippen molar-refractivity contribution >= 4 is 10.0 Å². The van der Waals surface area contributed by atoms with Gasteiger partial charge in [0.05, 0.1) is 12.0 Å². The van der Waals surface area contributed by atoms with E-state index in [9.17, 15) is 8.42 Å². The SMILES string of the molecule is CNCc1cc(S(=O)(=O)NCCN(C)C)ccc1OC. The summed E-state index contributed by atoms with van der Waals surface area (Å²) in [5, 5.41) is 2.99. The van der Waals surface area contributed by atoms with Gasteiger partial charge in [0, 0.05) is 25.2 Å². The summed E-state index contributed by atoms with van der Waals surface area (Å²) in [5.41, 5.74) is 0.811. The average molecular weight is 301 g/mol. The normalized spacial score (nSPS) is 11.8. The molecule has 0 unspecified atom stereocenters. The average Bonchev–Trinajstić information content (AvgIpc) is 2.38.